The highest BCUT2D eigenvalue weighted by atomic mass is 32.2. The van der Waals surface area contributed by atoms with Gasteiger partial charge in [0.25, 0.3) is 5.91 Å². The van der Waals surface area contributed by atoms with E-state index in [4.69, 9.17) is 0 Å². The molecular formula is C19H25N3O3S. The van der Waals surface area contributed by atoms with E-state index in [2.05, 4.69) is 10.3 Å². The summed E-state index contributed by atoms with van der Waals surface area (Å²) in [5.74, 6) is -0.296. The summed E-state index contributed by atoms with van der Waals surface area (Å²) in [6, 6.07) is 7.90. The zero-order valence-corrected chi connectivity index (χ0v) is 16.2. The number of carbonyl (C=O) groups is 1. The summed E-state index contributed by atoms with van der Waals surface area (Å²) in [5.41, 5.74) is 3.44. The summed E-state index contributed by atoms with van der Waals surface area (Å²) in [4.78, 5) is 15.8. The highest BCUT2D eigenvalue weighted by Crippen LogP contribution is 2.28. The number of amides is 1. The van der Waals surface area contributed by atoms with Crippen LogP contribution in [0.5, 0.6) is 0 Å². The molecule has 6 nitrogen and oxygen atoms in total. The van der Waals surface area contributed by atoms with Crippen molar-refractivity contribution in [2.75, 3.05) is 13.1 Å². The number of carbonyl (C=O) groups excluding carboxylic acids is 1. The van der Waals surface area contributed by atoms with Crippen molar-refractivity contribution < 1.29 is 13.2 Å². The van der Waals surface area contributed by atoms with Crippen LogP contribution in [-0.4, -0.2) is 36.7 Å². The molecule has 0 radical (unpaired) electrons. The van der Waals surface area contributed by atoms with Gasteiger partial charge in [0, 0.05) is 25.3 Å². The highest BCUT2D eigenvalue weighted by molar-refractivity contribution is 7.89. The fourth-order valence-electron chi connectivity index (χ4n) is 3.50. The fourth-order valence-corrected chi connectivity index (χ4v) is 5.42. The molecule has 0 spiro atoms. The van der Waals surface area contributed by atoms with E-state index >= 15 is 0 Å². The van der Waals surface area contributed by atoms with Crippen molar-refractivity contribution in [2.45, 2.75) is 45.1 Å². The molecule has 0 bridgehead atoms. The molecule has 1 aromatic carbocycles. The molecule has 1 aliphatic rings. The van der Waals surface area contributed by atoms with Crippen molar-refractivity contribution in [1.29, 1.82) is 0 Å². The van der Waals surface area contributed by atoms with Gasteiger partial charge < -0.3 is 10.3 Å². The van der Waals surface area contributed by atoms with Crippen LogP contribution in [-0.2, 0) is 16.6 Å². The van der Waals surface area contributed by atoms with Crippen LogP contribution in [0.15, 0.2) is 29.2 Å². The monoisotopic (exact) mass is 375 g/mol. The molecule has 0 saturated carbocycles. The van der Waals surface area contributed by atoms with Gasteiger partial charge in [-0.15, -0.1) is 0 Å². The predicted molar refractivity (Wildman–Crippen MR) is 101 cm³/mol. The lowest BCUT2D eigenvalue weighted by atomic mass is 10.1. The van der Waals surface area contributed by atoms with Gasteiger partial charge in [-0.3, -0.25) is 4.79 Å². The molecule has 1 amide bonds. The summed E-state index contributed by atoms with van der Waals surface area (Å²) < 4.78 is 27.3. The van der Waals surface area contributed by atoms with Gasteiger partial charge in [0.1, 0.15) is 10.6 Å². The molecule has 1 aromatic heterocycles. The minimum absolute atomic E-state index is 0.236. The third-order valence-electron chi connectivity index (χ3n) is 4.79. The van der Waals surface area contributed by atoms with E-state index in [1.165, 1.54) is 4.31 Å². The Morgan fingerprint density at radius 1 is 1.19 bits per heavy atom. The number of benzene rings is 1. The van der Waals surface area contributed by atoms with E-state index in [0.717, 1.165) is 24.0 Å². The molecule has 2 aromatic rings. The average molecular weight is 375 g/mol. The highest BCUT2D eigenvalue weighted by Gasteiger charge is 2.33. The molecule has 0 unspecified atom stereocenters. The molecule has 7 heteroatoms. The second kappa shape index (κ2) is 7.25. The molecule has 0 aliphatic carbocycles. The van der Waals surface area contributed by atoms with Crippen LogP contribution < -0.4 is 5.32 Å². The van der Waals surface area contributed by atoms with Crippen LogP contribution in [0, 0.1) is 20.8 Å². The van der Waals surface area contributed by atoms with Gasteiger partial charge in [-0.1, -0.05) is 29.8 Å². The Morgan fingerprint density at radius 2 is 1.88 bits per heavy atom. The third-order valence-corrected chi connectivity index (χ3v) is 6.97. The van der Waals surface area contributed by atoms with Gasteiger partial charge in [-0.2, -0.15) is 4.31 Å². The van der Waals surface area contributed by atoms with Gasteiger partial charge in [-0.05, 0) is 44.7 Å². The number of rotatable bonds is 5. The molecule has 0 atom stereocenters. The van der Waals surface area contributed by atoms with Gasteiger partial charge in [-0.25, -0.2) is 8.42 Å². The van der Waals surface area contributed by atoms with Gasteiger partial charge >= 0.3 is 0 Å². The first-order valence-corrected chi connectivity index (χ1v) is 10.3. The zero-order valence-electron chi connectivity index (χ0n) is 15.4. The van der Waals surface area contributed by atoms with Crippen molar-refractivity contribution in [3.8, 4) is 0 Å². The normalized spacial score (nSPS) is 15.3. The lowest BCUT2D eigenvalue weighted by Crippen LogP contribution is -2.29. The number of aromatic nitrogens is 1. The first-order chi connectivity index (χ1) is 12.3. The lowest BCUT2D eigenvalue weighted by Gasteiger charge is -2.16. The molecule has 1 aliphatic heterocycles. The van der Waals surface area contributed by atoms with E-state index in [0.29, 0.717) is 36.6 Å². The number of hydrogen-bond acceptors (Lipinski definition) is 3. The SMILES string of the molecule is Cc1cccc(CNC(=O)c2[nH]c(C)c(S(=O)(=O)N3CCCC3)c2C)c1. The Bertz CT molecular complexity index is 926. The third kappa shape index (κ3) is 3.54. The van der Waals surface area contributed by atoms with Crippen molar-refractivity contribution >= 4 is 15.9 Å². The summed E-state index contributed by atoms with van der Waals surface area (Å²) in [6.45, 7) is 6.87. The first kappa shape index (κ1) is 18.7. The maximum atomic E-state index is 12.9. The summed E-state index contributed by atoms with van der Waals surface area (Å²) >= 11 is 0. The summed E-state index contributed by atoms with van der Waals surface area (Å²) in [7, 11) is -3.56. The van der Waals surface area contributed by atoms with Crippen LogP contribution in [0.1, 0.15) is 45.7 Å². The number of nitrogens with zero attached hydrogens (tertiary/aromatic N) is 1. The molecular weight excluding hydrogens is 350 g/mol. The molecule has 1 saturated heterocycles. The van der Waals surface area contributed by atoms with Crippen LogP contribution in [0.3, 0.4) is 0 Å². The number of nitrogens with one attached hydrogen (secondary N) is 2. The fraction of sp³-hybridized carbons (Fsp3) is 0.421. The maximum Gasteiger partial charge on any atom is 0.268 e. The summed E-state index contributed by atoms with van der Waals surface area (Å²) in [6.07, 6.45) is 1.76. The molecule has 140 valence electrons. The number of aromatic amines is 1. The minimum atomic E-state index is -3.56. The Hall–Kier alpha value is -2.12. The molecule has 3 rings (SSSR count). The Morgan fingerprint density at radius 3 is 2.54 bits per heavy atom. The van der Waals surface area contributed by atoms with Crippen LogP contribution in [0.4, 0.5) is 0 Å². The quantitative estimate of drug-likeness (QED) is 0.843. The number of H-pyrrole nitrogens is 1. The second-order valence-electron chi connectivity index (χ2n) is 6.86. The zero-order chi connectivity index (χ0) is 18.9. The van der Waals surface area contributed by atoms with Crippen LogP contribution >= 0.6 is 0 Å². The Kier molecular flexibility index (Phi) is 5.20. The van der Waals surface area contributed by atoms with Crippen LogP contribution in [0.2, 0.25) is 0 Å². The van der Waals surface area contributed by atoms with E-state index < -0.39 is 10.0 Å². The smallest absolute Gasteiger partial charge is 0.268 e. The minimum Gasteiger partial charge on any atom is -0.353 e. The Balaban J connectivity index is 1.82. The molecule has 1 fully saturated rings. The van der Waals surface area contributed by atoms with E-state index in [1.54, 1.807) is 13.8 Å². The van der Waals surface area contributed by atoms with Gasteiger partial charge in [0.2, 0.25) is 10.0 Å². The second-order valence-corrected chi connectivity index (χ2v) is 8.74. The van der Waals surface area contributed by atoms with E-state index in [9.17, 15) is 13.2 Å². The number of aryl methyl sites for hydroxylation is 2. The average Bonchev–Trinajstić information content (AvgIpc) is 3.21. The number of hydrogen-bond donors (Lipinski definition) is 2. The van der Waals surface area contributed by atoms with Gasteiger partial charge in [0.05, 0.1) is 0 Å². The maximum absolute atomic E-state index is 12.9. The van der Waals surface area contributed by atoms with Crippen molar-refractivity contribution in [3.63, 3.8) is 0 Å². The Labute approximate surface area is 154 Å². The standard InChI is InChI=1S/C19H25N3O3S/c1-13-7-6-8-16(11-13)12-20-19(23)17-14(2)18(15(3)21-17)26(24,25)22-9-4-5-10-22/h6-8,11,21H,4-5,9-10,12H2,1-3H3,(H,20,23). The van der Waals surface area contributed by atoms with Crippen molar-refractivity contribution in [1.82, 2.24) is 14.6 Å². The largest absolute Gasteiger partial charge is 0.353 e. The molecule has 2 heterocycles. The molecule has 26 heavy (non-hydrogen) atoms. The molecule has 2 N–H and O–H groups in total. The first-order valence-electron chi connectivity index (χ1n) is 8.84. The van der Waals surface area contributed by atoms with Gasteiger partial charge in [0.15, 0.2) is 0 Å². The predicted octanol–water partition coefficient (Wildman–Crippen LogP) is 2.65. The number of sulfonamides is 1. The topological polar surface area (TPSA) is 82.3 Å². The van der Waals surface area contributed by atoms with Crippen LogP contribution in [0.25, 0.3) is 0 Å². The van der Waals surface area contributed by atoms with Crippen molar-refractivity contribution in [2.24, 2.45) is 0 Å². The van der Waals surface area contributed by atoms with E-state index in [-0.39, 0.29) is 10.8 Å². The van der Waals surface area contributed by atoms with E-state index in [1.807, 2.05) is 31.2 Å². The lowest BCUT2D eigenvalue weighted by molar-refractivity contribution is 0.0945. The summed E-state index contributed by atoms with van der Waals surface area (Å²) in [5, 5.41) is 2.87. The van der Waals surface area contributed by atoms with Crippen molar-refractivity contribution in [3.05, 3.63) is 52.3 Å².